The van der Waals surface area contributed by atoms with Gasteiger partial charge in [0.15, 0.2) is 0 Å². The molecule has 24 heavy (non-hydrogen) atoms. The SMILES string of the molecule is O=c1cccccc1N1CCN(CCOc2ccc(Cl)cc2)CC1. The van der Waals surface area contributed by atoms with Crippen molar-refractivity contribution in [3.05, 3.63) is 69.8 Å². The first kappa shape index (κ1) is 16.8. The molecule has 0 atom stereocenters. The van der Waals surface area contributed by atoms with Gasteiger partial charge in [-0.3, -0.25) is 9.69 Å². The molecular formula is C19H21ClN2O2. The minimum Gasteiger partial charge on any atom is -0.492 e. The van der Waals surface area contributed by atoms with Crippen LogP contribution in [0.1, 0.15) is 0 Å². The molecule has 0 bridgehead atoms. The predicted octanol–water partition coefficient (Wildman–Crippen LogP) is 2.90. The zero-order valence-electron chi connectivity index (χ0n) is 13.5. The lowest BCUT2D eigenvalue weighted by atomic mass is 10.2. The van der Waals surface area contributed by atoms with Crippen molar-refractivity contribution in [2.75, 3.05) is 44.2 Å². The van der Waals surface area contributed by atoms with E-state index < -0.39 is 0 Å². The summed E-state index contributed by atoms with van der Waals surface area (Å²) in [4.78, 5) is 16.6. The minimum absolute atomic E-state index is 0.0829. The van der Waals surface area contributed by atoms with Gasteiger partial charge in [0.05, 0.1) is 5.69 Å². The lowest BCUT2D eigenvalue weighted by Crippen LogP contribution is -2.48. The number of halogens is 1. The molecule has 0 spiro atoms. The zero-order chi connectivity index (χ0) is 16.8. The average Bonchev–Trinajstić information content (AvgIpc) is 2.82. The molecule has 0 saturated carbocycles. The molecule has 1 heterocycles. The summed E-state index contributed by atoms with van der Waals surface area (Å²) >= 11 is 5.86. The third-order valence-corrected chi connectivity index (χ3v) is 4.43. The maximum atomic E-state index is 12.1. The topological polar surface area (TPSA) is 32.8 Å². The third-order valence-electron chi connectivity index (χ3n) is 4.18. The Bertz CT molecular complexity index is 713. The first-order valence-electron chi connectivity index (χ1n) is 8.17. The molecule has 2 aromatic carbocycles. The molecule has 0 radical (unpaired) electrons. The third kappa shape index (κ3) is 4.49. The van der Waals surface area contributed by atoms with Crippen molar-refractivity contribution >= 4 is 17.3 Å². The number of hydrogen-bond donors (Lipinski definition) is 0. The van der Waals surface area contributed by atoms with E-state index in [-0.39, 0.29) is 5.43 Å². The van der Waals surface area contributed by atoms with Crippen molar-refractivity contribution in [3.63, 3.8) is 0 Å². The van der Waals surface area contributed by atoms with E-state index in [0.717, 1.165) is 44.2 Å². The lowest BCUT2D eigenvalue weighted by molar-refractivity contribution is 0.200. The van der Waals surface area contributed by atoms with Crippen molar-refractivity contribution in [1.29, 1.82) is 0 Å². The largest absolute Gasteiger partial charge is 0.492 e. The fraction of sp³-hybridized carbons (Fsp3) is 0.316. The number of ether oxygens (including phenoxy) is 1. The van der Waals surface area contributed by atoms with Gasteiger partial charge in [0.1, 0.15) is 12.4 Å². The van der Waals surface area contributed by atoms with Gasteiger partial charge in [-0.05, 0) is 36.4 Å². The maximum absolute atomic E-state index is 12.1. The van der Waals surface area contributed by atoms with Crippen LogP contribution in [0.3, 0.4) is 0 Å². The van der Waals surface area contributed by atoms with Gasteiger partial charge in [-0.15, -0.1) is 0 Å². The Morgan fingerprint density at radius 1 is 0.917 bits per heavy atom. The van der Waals surface area contributed by atoms with E-state index in [1.54, 1.807) is 12.1 Å². The summed E-state index contributed by atoms with van der Waals surface area (Å²) in [5.74, 6) is 0.839. The van der Waals surface area contributed by atoms with Crippen molar-refractivity contribution in [2.24, 2.45) is 0 Å². The van der Waals surface area contributed by atoms with Crippen molar-refractivity contribution in [3.8, 4) is 5.75 Å². The van der Waals surface area contributed by atoms with Crippen molar-refractivity contribution in [1.82, 2.24) is 4.90 Å². The molecule has 0 unspecified atom stereocenters. The number of anilines is 1. The van der Waals surface area contributed by atoms with Gasteiger partial charge < -0.3 is 9.64 Å². The molecule has 126 valence electrons. The summed E-state index contributed by atoms with van der Waals surface area (Å²) < 4.78 is 5.74. The number of piperazine rings is 1. The lowest BCUT2D eigenvalue weighted by Gasteiger charge is -2.35. The van der Waals surface area contributed by atoms with Crippen LogP contribution in [-0.2, 0) is 0 Å². The predicted molar refractivity (Wildman–Crippen MR) is 98.3 cm³/mol. The summed E-state index contributed by atoms with van der Waals surface area (Å²) in [5.41, 5.74) is 0.872. The van der Waals surface area contributed by atoms with E-state index in [0.29, 0.717) is 11.6 Å². The second-order valence-electron chi connectivity index (χ2n) is 5.79. The van der Waals surface area contributed by atoms with Crippen molar-refractivity contribution < 1.29 is 4.74 Å². The van der Waals surface area contributed by atoms with E-state index in [2.05, 4.69) is 9.80 Å². The van der Waals surface area contributed by atoms with E-state index in [1.807, 2.05) is 42.5 Å². The monoisotopic (exact) mass is 344 g/mol. The highest BCUT2D eigenvalue weighted by Crippen LogP contribution is 2.16. The number of benzene rings is 1. The molecule has 4 nitrogen and oxygen atoms in total. The Balaban J connectivity index is 1.46. The van der Waals surface area contributed by atoms with Gasteiger partial charge in [-0.1, -0.05) is 29.8 Å². The number of hydrogen-bond acceptors (Lipinski definition) is 4. The van der Waals surface area contributed by atoms with Gasteiger partial charge in [0.25, 0.3) is 0 Å². The molecule has 0 amide bonds. The summed E-state index contributed by atoms with van der Waals surface area (Å²) in [7, 11) is 0. The van der Waals surface area contributed by atoms with Crippen LogP contribution in [0.2, 0.25) is 5.02 Å². The van der Waals surface area contributed by atoms with Crippen LogP contribution in [0.25, 0.3) is 0 Å². The second kappa shape index (κ2) is 8.18. The Morgan fingerprint density at radius 3 is 2.38 bits per heavy atom. The summed E-state index contributed by atoms with van der Waals surface area (Å²) in [5, 5.41) is 0.713. The Morgan fingerprint density at radius 2 is 1.62 bits per heavy atom. The van der Waals surface area contributed by atoms with Crippen LogP contribution in [0.4, 0.5) is 5.69 Å². The van der Waals surface area contributed by atoms with E-state index >= 15 is 0 Å². The fourth-order valence-electron chi connectivity index (χ4n) is 2.82. The first-order valence-corrected chi connectivity index (χ1v) is 8.55. The summed E-state index contributed by atoms with van der Waals surface area (Å²) in [6, 6.07) is 16.5. The summed E-state index contributed by atoms with van der Waals surface area (Å²) in [6.45, 7) is 5.11. The molecule has 5 heteroatoms. The van der Waals surface area contributed by atoms with Crippen molar-refractivity contribution in [2.45, 2.75) is 0 Å². The molecule has 1 fully saturated rings. The quantitative estimate of drug-likeness (QED) is 0.835. The van der Waals surface area contributed by atoms with Crippen LogP contribution >= 0.6 is 11.6 Å². The van der Waals surface area contributed by atoms with Crippen LogP contribution in [-0.4, -0.2) is 44.2 Å². The van der Waals surface area contributed by atoms with Crippen LogP contribution in [0.5, 0.6) is 5.75 Å². The molecule has 0 aromatic heterocycles. The van der Waals surface area contributed by atoms with Gasteiger partial charge in [0.2, 0.25) is 5.43 Å². The highest BCUT2D eigenvalue weighted by Gasteiger charge is 2.18. The summed E-state index contributed by atoms with van der Waals surface area (Å²) in [6.07, 6.45) is 0. The van der Waals surface area contributed by atoms with Gasteiger partial charge in [-0.25, -0.2) is 0 Å². The smallest absolute Gasteiger partial charge is 0.201 e. The second-order valence-corrected chi connectivity index (χ2v) is 6.23. The van der Waals surface area contributed by atoms with E-state index in [9.17, 15) is 4.79 Å². The Hall–Kier alpha value is -2.04. The molecule has 0 N–H and O–H groups in total. The normalized spacial score (nSPS) is 15.3. The minimum atomic E-state index is 0.0829. The van der Waals surface area contributed by atoms with Crippen LogP contribution in [0.15, 0.2) is 59.4 Å². The van der Waals surface area contributed by atoms with Gasteiger partial charge in [0, 0.05) is 37.7 Å². The van der Waals surface area contributed by atoms with E-state index in [4.69, 9.17) is 16.3 Å². The number of nitrogens with zero attached hydrogens (tertiary/aromatic N) is 2. The highest BCUT2D eigenvalue weighted by atomic mass is 35.5. The highest BCUT2D eigenvalue weighted by molar-refractivity contribution is 6.30. The fourth-order valence-corrected chi connectivity index (χ4v) is 2.94. The average molecular weight is 345 g/mol. The number of rotatable bonds is 5. The molecule has 1 aliphatic heterocycles. The van der Waals surface area contributed by atoms with E-state index in [1.165, 1.54) is 0 Å². The first-order chi connectivity index (χ1) is 11.7. The molecule has 0 aliphatic carbocycles. The van der Waals surface area contributed by atoms with Crippen LogP contribution in [0, 0.1) is 0 Å². The Kier molecular flexibility index (Phi) is 5.72. The van der Waals surface area contributed by atoms with Gasteiger partial charge in [-0.2, -0.15) is 0 Å². The van der Waals surface area contributed by atoms with Gasteiger partial charge >= 0.3 is 0 Å². The standard InChI is InChI=1S/C19H21ClN2O2/c20-16-6-8-17(9-7-16)24-15-14-21-10-12-22(13-11-21)18-4-2-1-3-5-19(18)23/h1-9H,10-15H2. The van der Waals surface area contributed by atoms with Crippen LogP contribution < -0.4 is 15.1 Å². The molecule has 1 saturated heterocycles. The molecule has 3 rings (SSSR count). The zero-order valence-corrected chi connectivity index (χ0v) is 14.3. The Labute approximate surface area is 147 Å². The molecule has 1 aliphatic rings. The molecule has 2 aromatic rings. The molecular weight excluding hydrogens is 324 g/mol. The maximum Gasteiger partial charge on any atom is 0.201 e.